The third-order valence-corrected chi connectivity index (χ3v) is 6.86. The molecule has 1 aliphatic heterocycles. The van der Waals surface area contributed by atoms with Crippen molar-refractivity contribution in [1.29, 1.82) is 5.26 Å². The molecule has 0 unspecified atom stereocenters. The molecule has 3 aromatic heterocycles. The second kappa shape index (κ2) is 7.02. The van der Waals surface area contributed by atoms with E-state index in [4.69, 9.17) is 20.7 Å². The van der Waals surface area contributed by atoms with Gasteiger partial charge in [0.2, 0.25) is 0 Å². The molecule has 1 aromatic carbocycles. The monoisotopic (exact) mass is 444 g/mol. The Morgan fingerprint density at radius 2 is 2.15 bits per heavy atom. The summed E-state index contributed by atoms with van der Waals surface area (Å²) in [7, 11) is 1.74. The SMILES string of the molecule is CNc1cc(F)cc2c1[nH]c1nc(Oc3cncc(C#N)c3)nc(N3CC4(CC[C@H]4N)C3)c12. The first kappa shape index (κ1) is 19.7. The number of benzene rings is 1. The maximum absolute atomic E-state index is 14.4. The van der Waals surface area contributed by atoms with E-state index in [1.54, 1.807) is 13.1 Å². The van der Waals surface area contributed by atoms with Crippen LogP contribution in [0.1, 0.15) is 18.4 Å². The molecular formula is C23H21FN8O. The highest BCUT2D eigenvalue weighted by Crippen LogP contribution is 2.50. The number of H-pyrrole nitrogens is 1. The summed E-state index contributed by atoms with van der Waals surface area (Å²) in [5, 5.41) is 13.6. The Morgan fingerprint density at radius 1 is 1.30 bits per heavy atom. The van der Waals surface area contributed by atoms with E-state index in [9.17, 15) is 4.39 Å². The topological polar surface area (TPSA) is 129 Å². The average Bonchev–Trinajstić information content (AvgIpc) is 3.15. The van der Waals surface area contributed by atoms with E-state index >= 15 is 0 Å². The zero-order chi connectivity index (χ0) is 22.7. The molecule has 9 nitrogen and oxygen atoms in total. The highest BCUT2D eigenvalue weighted by molar-refractivity contribution is 6.14. The van der Waals surface area contributed by atoms with Crippen LogP contribution in [0.4, 0.5) is 15.9 Å². The van der Waals surface area contributed by atoms with Crippen molar-refractivity contribution < 1.29 is 9.13 Å². The maximum Gasteiger partial charge on any atom is 0.326 e. The van der Waals surface area contributed by atoms with E-state index in [0.717, 1.165) is 36.8 Å². The van der Waals surface area contributed by atoms with Gasteiger partial charge in [0.1, 0.15) is 23.4 Å². The first-order valence-corrected chi connectivity index (χ1v) is 10.7. The first-order valence-electron chi connectivity index (χ1n) is 10.7. The van der Waals surface area contributed by atoms with Crippen molar-refractivity contribution in [2.75, 3.05) is 30.4 Å². The number of nitrogens with zero attached hydrogens (tertiary/aromatic N) is 5. The zero-order valence-corrected chi connectivity index (χ0v) is 17.9. The number of anilines is 2. The first-order chi connectivity index (χ1) is 16.0. The Balaban J connectivity index is 1.50. The predicted octanol–water partition coefficient (Wildman–Crippen LogP) is 3.28. The van der Waals surface area contributed by atoms with Gasteiger partial charge in [-0.15, -0.1) is 0 Å². The minimum atomic E-state index is -0.348. The fraction of sp³-hybridized carbons (Fsp3) is 0.304. The molecule has 0 radical (unpaired) electrons. The molecule has 166 valence electrons. The van der Waals surface area contributed by atoms with Crippen LogP contribution >= 0.6 is 0 Å². The summed E-state index contributed by atoms with van der Waals surface area (Å²) in [5.74, 6) is 0.682. The third kappa shape index (κ3) is 2.97. The van der Waals surface area contributed by atoms with Crippen molar-refractivity contribution in [2.24, 2.45) is 11.1 Å². The Bertz CT molecular complexity index is 1450. The number of fused-ring (bicyclic) bond motifs is 3. The highest BCUT2D eigenvalue weighted by atomic mass is 19.1. The summed E-state index contributed by atoms with van der Waals surface area (Å²) < 4.78 is 20.3. The Hall–Kier alpha value is -3.97. The lowest BCUT2D eigenvalue weighted by molar-refractivity contribution is 0.0559. The number of halogens is 1. The Kier molecular flexibility index (Phi) is 4.19. The van der Waals surface area contributed by atoms with Gasteiger partial charge in [0.15, 0.2) is 5.75 Å². The zero-order valence-electron chi connectivity index (χ0n) is 17.9. The van der Waals surface area contributed by atoms with Crippen molar-refractivity contribution >= 4 is 33.4 Å². The van der Waals surface area contributed by atoms with Gasteiger partial charge in [-0.3, -0.25) is 4.98 Å². The second-order valence-corrected chi connectivity index (χ2v) is 8.79. The minimum Gasteiger partial charge on any atom is -0.422 e. The molecule has 1 spiro atoms. The van der Waals surface area contributed by atoms with Crippen molar-refractivity contribution in [2.45, 2.75) is 18.9 Å². The van der Waals surface area contributed by atoms with E-state index in [-0.39, 0.29) is 23.3 Å². The molecule has 6 rings (SSSR count). The summed E-state index contributed by atoms with van der Waals surface area (Å²) >= 11 is 0. The number of aromatic nitrogens is 4. The van der Waals surface area contributed by atoms with Crippen LogP contribution in [0.5, 0.6) is 11.8 Å². The fourth-order valence-electron chi connectivity index (χ4n) is 4.91. The summed E-state index contributed by atoms with van der Waals surface area (Å²) in [6.07, 6.45) is 5.09. The number of nitrogens with one attached hydrogen (secondary N) is 2. The van der Waals surface area contributed by atoms with Crippen LogP contribution in [0.2, 0.25) is 0 Å². The molecular weight excluding hydrogens is 423 g/mol. The number of aromatic amines is 1. The molecule has 0 amide bonds. The van der Waals surface area contributed by atoms with Crippen LogP contribution in [0.3, 0.4) is 0 Å². The van der Waals surface area contributed by atoms with Gasteiger partial charge in [-0.25, -0.2) is 4.39 Å². The van der Waals surface area contributed by atoms with Crippen LogP contribution in [-0.2, 0) is 0 Å². The quantitative estimate of drug-likeness (QED) is 0.437. The number of nitrogens with two attached hydrogens (primary N) is 1. The van der Waals surface area contributed by atoms with Crippen LogP contribution in [0.25, 0.3) is 21.9 Å². The predicted molar refractivity (Wildman–Crippen MR) is 122 cm³/mol. The van der Waals surface area contributed by atoms with Gasteiger partial charge in [0.25, 0.3) is 0 Å². The van der Waals surface area contributed by atoms with E-state index < -0.39 is 0 Å². The fourth-order valence-corrected chi connectivity index (χ4v) is 4.91. The molecule has 33 heavy (non-hydrogen) atoms. The molecule has 1 atom stereocenters. The lowest BCUT2D eigenvalue weighted by Crippen LogP contribution is -2.69. The van der Waals surface area contributed by atoms with Crippen LogP contribution in [0, 0.1) is 22.6 Å². The molecule has 0 bridgehead atoms. The molecule has 1 aliphatic carbocycles. The van der Waals surface area contributed by atoms with E-state index in [1.165, 1.54) is 24.5 Å². The number of ether oxygens (including phenoxy) is 1. The number of rotatable bonds is 4. The summed E-state index contributed by atoms with van der Waals surface area (Å²) in [5.41, 5.74) is 8.68. The van der Waals surface area contributed by atoms with Crippen molar-refractivity contribution in [3.05, 3.63) is 42.0 Å². The lowest BCUT2D eigenvalue weighted by Gasteiger charge is -2.60. The molecule has 1 saturated carbocycles. The van der Waals surface area contributed by atoms with Crippen LogP contribution < -0.4 is 20.7 Å². The normalized spacial score (nSPS) is 18.7. The molecule has 1 saturated heterocycles. The van der Waals surface area contributed by atoms with Gasteiger partial charge in [0, 0.05) is 49.2 Å². The molecule has 2 aliphatic rings. The molecule has 10 heteroatoms. The van der Waals surface area contributed by atoms with Crippen molar-refractivity contribution in [3.63, 3.8) is 0 Å². The number of pyridine rings is 1. The number of hydrogen-bond donors (Lipinski definition) is 3. The Labute approximate surface area is 188 Å². The standard InChI is InChI=1S/C23H21FN8O/c1-27-16-6-13(24)5-15-18-20(29-19(15)16)30-22(33-14-4-12(7-25)8-28-9-14)31-21(18)32-10-23(11-32)3-2-17(23)26/h4-6,8-9,17,27H,2-3,10-11,26H2,1H3,(H,29,30,31)/t17-/m1/s1. The Morgan fingerprint density at radius 3 is 2.85 bits per heavy atom. The van der Waals surface area contributed by atoms with Gasteiger partial charge >= 0.3 is 6.01 Å². The highest BCUT2D eigenvalue weighted by Gasteiger charge is 2.53. The van der Waals surface area contributed by atoms with E-state index in [0.29, 0.717) is 33.9 Å². The molecule has 4 aromatic rings. The number of nitriles is 1. The van der Waals surface area contributed by atoms with Crippen LogP contribution in [0.15, 0.2) is 30.6 Å². The van der Waals surface area contributed by atoms with Gasteiger partial charge in [-0.1, -0.05) is 0 Å². The summed E-state index contributed by atoms with van der Waals surface area (Å²) in [6.45, 7) is 1.57. The summed E-state index contributed by atoms with van der Waals surface area (Å²) in [4.78, 5) is 18.7. The average molecular weight is 444 g/mol. The van der Waals surface area contributed by atoms with E-state index in [2.05, 4.69) is 25.2 Å². The van der Waals surface area contributed by atoms with Crippen LogP contribution in [-0.4, -0.2) is 46.1 Å². The maximum atomic E-state index is 14.4. The molecule has 4 N–H and O–H groups in total. The van der Waals surface area contributed by atoms with Crippen molar-refractivity contribution in [1.82, 2.24) is 19.9 Å². The minimum absolute atomic E-state index is 0.117. The smallest absolute Gasteiger partial charge is 0.326 e. The molecule has 2 fully saturated rings. The second-order valence-electron chi connectivity index (χ2n) is 8.79. The number of hydrogen-bond acceptors (Lipinski definition) is 8. The molecule has 4 heterocycles. The van der Waals surface area contributed by atoms with Crippen molar-refractivity contribution in [3.8, 4) is 17.8 Å². The van der Waals surface area contributed by atoms with E-state index in [1.807, 2.05) is 6.07 Å². The van der Waals surface area contributed by atoms with Gasteiger partial charge < -0.3 is 25.7 Å². The lowest BCUT2D eigenvalue weighted by atomic mass is 9.60. The van der Waals surface area contributed by atoms with Gasteiger partial charge in [0.05, 0.1) is 28.4 Å². The summed E-state index contributed by atoms with van der Waals surface area (Å²) in [6, 6.07) is 6.86. The largest absolute Gasteiger partial charge is 0.422 e. The third-order valence-electron chi connectivity index (χ3n) is 6.86. The van der Waals surface area contributed by atoms with Gasteiger partial charge in [-0.05, 0) is 25.0 Å². The van der Waals surface area contributed by atoms with Gasteiger partial charge in [-0.2, -0.15) is 15.2 Å².